The van der Waals surface area contributed by atoms with Gasteiger partial charge >= 0.3 is 5.69 Å². The number of nitrogens with one attached hydrogen (secondary N) is 1. The lowest BCUT2D eigenvalue weighted by Gasteiger charge is -2.27. The van der Waals surface area contributed by atoms with Crippen LogP contribution in [0.2, 0.25) is 5.02 Å². The van der Waals surface area contributed by atoms with Crippen LogP contribution in [0.25, 0.3) is 11.1 Å². The molecule has 0 fully saturated rings. The molecule has 0 saturated carbocycles. The van der Waals surface area contributed by atoms with Crippen LogP contribution in [0.3, 0.4) is 0 Å². The van der Waals surface area contributed by atoms with E-state index in [9.17, 15) is 14.7 Å². The molecule has 0 saturated heterocycles. The van der Waals surface area contributed by atoms with Gasteiger partial charge in [0.15, 0.2) is 0 Å². The summed E-state index contributed by atoms with van der Waals surface area (Å²) in [5.41, 5.74) is -1.39. The molecule has 0 spiro atoms. The highest BCUT2D eigenvalue weighted by Gasteiger charge is 2.26. The predicted molar refractivity (Wildman–Crippen MR) is 83.0 cm³/mol. The fraction of sp³-hybridized carbons (Fsp3) is 0.333. The number of hydrogen-bond donors (Lipinski definition) is 2. The maximum Gasteiger partial charge on any atom is 0.331 e. The normalized spacial score (nSPS) is 11.6. The van der Waals surface area contributed by atoms with Crippen molar-refractivity contribution in [2.75, 3.05) is 0 Å². The molecule has 0 aliphatic rings. The molecule has 0 radical (unpaired) electrons. The van der Waals surface area contributed by atoms with Crippen LogP contribution in [0.1, 0.15) is 27.2 Å². The Hall–Kier alpha value is -2.01. The number of halogens is 1. The first-order chi connectivity index (χ1) is 9.77. The van der Waals surface area contributed by atoms with E-state index in [1.54, 1.807) is 24.3 Å². The van der Waals surface area contributed by atoms with Crippen LogP contribution in [0.5, 0.6) is 5.88 Å². The molecule has 0 bridgehead atoms. The summed E-state index contributed by atoms with van der Waals surface area (Å²) in [6.07, 6.45) is 0.613. The molecule has 112 valence electrons. The van der Waals surface area contributed by atoms with Gasteiger partial charge in [0.05, 0.1) is 0 Å². The fourth-order valence-electron chi connectivity index (χ4n) is 2.15. The van der Waals surface area contributed by atoms with Gasteiger partial charge in [0.1, 0.15) is 5.56 Å². The van der Waals surface area contributed by atoms with Gasteiger partial charge in [0.25, 0.3) is 5.56 Å². The molecule has 0 amide bonds. The van der Waals surface area contributed by atoms with Crippen molar-refractivity contribution in [3.8, 4) is 17.0 Å². The van der Waals surface area contributed by atoms with Gasteiger partial charge < -0.3 is 5.11 Å². The Kier molecular flexibility index (Phi) is 3.96. The summed E-state index contributed by atoms with van der Waals surface area (Å²) in [6.45, 7) is 5.53. The van der Waals surface area contributed by atoms with E-state index in [0.717, 1.165) is 0 Å². The summed E-state index contributed by atoms with van der Waals surface area (Å²) in [5, 5.41) is 10.9. The molecule has 0 aliphatic heterocycles. The number of hydrogen-bond acceptors (Lipinski definition) is 3. The van der Waals surface area contributed by atoms with E-state index in [-0.39, 0.29) is 11.4 Å². The topological polar surface area (TPSA) is 75.1 Å². The molecule has 0 atom stereocenters. The Morgan fingerprint density at radius 2 is 2.00 bits per heavy atom. The van der Waals surface area contributed by atoms with E-state index in [4.69, 9.17) is 11.6 Å². The van der Waals surface area contributed by atoms with E-state index in [2.05, 4.69) is 4.98 Å². The van der Waals surface area contributed by atoms with Gasteiger partial charge in [0.2, 0.25) is 5.88 Å². The highest BCUT2D eigenvalue weighted by Crippen LogP contribution is 2.30. The van der Waals surface area contributed by atoms with Gasteiger partial charge in [-0.1, -0.05) is 30.7 Å². The highest BCUT2D eigenvalue weighted by molar-refractivity contribution is 6.30. The van der Waals surface area contributed by atoms with Crippen molar-refractivity contribution in [3.63, 3.8) is 0 Å². The van der Waals surface area contributed by atoms with E-state index in [1.807, 2.05) is 20.8 Å². The molecule has 1 heterocycles. The van der Waals surface area contributed by atoms with Crippen molar-refractivity contribution in [1.82, 2.24) is 9.55 Å². The number of rotatable bonds is 3. The SMILES string of the molecule is CCC(C)(C)n1c(O)c(-c2cccc(Cl)c2)c(=O)[nH]c1=O. The molecule has 0 unspecified atom stereocenters. The average Bonchev–Trinajstić information content (AvgIpc) is 2.37. The van der Waals surface area contributed by atoms with Gasteiger partial charge in [-0.2, -0.15) is 0 Å². The zero-order chi connectivity index (χ0) is 15.8. The Bertz CT molecular complexity index is 790. The maximum atomic E-state index is 12.1. The second-order valence-electron chi connectivity index (χ2n) is 5.47. The molecular weight excluding hydrogens is 292 g/mol. The first kappa shape index (κ1) is 15.4. The minimum absolute atomic E-state index is 0.0404. The Labute approximate surface area is 126 Å². The monoisotopic (exact) mass is 308 g/mol. The summed E-state index contributed by atoms with van der Waals surface area (Å²) in [6, 6.07) is 6.57. The first-order valence-electron chi connectivity index (χ1n) is 6.62. The Morgan fingerprint density at radius 3 is 2.57 bits per heavy atom. The fourth-order valence-corrected chi connectivity index (χ4v) is 2.34. The van der Waals surface area contributed by atoms with Crippen LogP contribution in [-0.2, 0) is 5.54 Å². The number of benzene rings is 1. The second-order valence-corrected chi connectivity index (χ2v) is 5.91. The molecule has 6 heteroatoms. The van der Waals surface area contributed by atoms with Gasteiger partial charge in [-0.15, -0.1) is 0 Å². The molecular formula is C15H17ClN2O3. The second kappa shape index (κ2) is 5.41. The summed E-state index contributed by atoms with van der Waals surface area (Å²) in [7, 11) is 0. The molecule has 2 aromatic rings. The number of aromatic amines is 1. The molecule has 1 aromatic carbocycles. The van der Waals surface area contributed by atoms with Crippen molar-refractivity contribution < 1.29 is 5.11 Å². The third-order valence-electron chi connectivity index (χ3n) is 3.67. The Morgan fingerprint density at radius 1 is 1.33 bits per heavy atom. The third kappa shape index (κ3) is 2.74. The molecule has 2 rings (SSSR count). The molecule has 0 aliphatic carbocycles. The van der Waals surface area contributed by atoms with Crippen LogP contribution in [0, 0.1) is 0 Å². The van der Waals surface area contributed by atoms with Crippen molar-refractivity contribution in [1.29, 1.82) is 0 Å². The zero-order valence-corrected chi connectivity index (χ0v) is 12.9. The van der Waals surface area contributed by atoms with Gasteiger partial charge in [-0.25, -0.2) is 4.79 Å². The van der Waals surface area contributed by atoms with Crippen molar-refractivity contribution >= 4 is 11.6 Å². The van der Waals surface area contributed by atoms with Crippen LogP contribution < -0.4 is 11.2 Å². The standard InChI is InChI=1S/C15H17ClN2O3/c1-4-15(2,3)18-13(20)11(12(19)17-14(18)21)9-6-5-7-10(16)8-9/h5-8,20H,4H2,1-3H3,(H,17,19,21). The van der Waals surface area contributed by atoms with Crippen molar-refractivity contribution in [2.45, 2.75) is 32.7 Å². The van der Waals surface area contributed by atoms with E-state index >= 15 is 0 Å². The number of H-pyrrole nitrogens is 1. The molecule has 2 N–H and O–H groups in total. The summed E-state index contributed by atoms with van der Waals surface area (Å²) in [4.78, 5) is 26.4. The quantitative estimate of drug-likeness (QED) is 0.915. The predicted octanol–water partition coefficient (Wildman–Crippen LogP) is 2.71. The number of aromatic hydroxyl groups is 1. The van der Waals surface area contributed by atoms with E-state index in [0.29, 0.717) is 17.0 Å². The third-order valence-corrected chi connectivity index (χ3v) is 3.90. The van der Waals surface area contributed by atoms with E-state index < -0.39 is 16.8 Å². The maximum absolute atomic E-state index is 12.1. The number of aromatic nitrogens is 2. The largest absolute Gasteiger partial charge is 0.494 e. The van der Waals surface area contributed by atoms with Crippen LogP contribution in [0.15, 0.2) is 33.9 Å². The summed E-state index contributed by atoms with van der Waals surface area (Å²) >= 11 is 5.93. The first-order valence-corrected chi connectivity index (χ1v) is 7.00. The van der Waals surface area contributed by atoms with Gasteiger partial charge in [-0.3, -0.25) is 14.3 Å². The molecule has 1 aromatic heterocycles. The lowest BCUT2D eigenvalue weighted by atomic mass is 10.0. The Balaban J connectivity index is 2.83. The van der Waals surface area contributed by atoms with Crippen molar-refractivity contribution in [3.05, 3.63) is 50.1 Å². The zero-order valence-electron chi connectivity index (χ0n) is 12.1. The van der Waals surface area contributed by atoms with E-state index in [1.165, 1.54) is 4.57 Å². The van der Waals surface area contributed by atoms with Gasteiger partial charge in [-0.05, 0) is 38.0 Å². The van der Waals surface area contributed by atoms with Gasteiger partial charge in [0, 0.05) is 10.6 Å². The lowest BCUT2D eigenvalue weighted by molar-refractivity contribution is 0.277. The minimum atomic E-state index is -0.636. The average molecular weight is 309 g/mol. The molecule has 5 nitrogen and oxygen atoms in total. The molecule has 21 heavy (non-hydrogen) atoms. The van der Waals surface area contributed by atoms with Crippen molar-refractivity contribution in [2.24, 2.45) is 0 Å². The van der Waals surface area contributed by atoms with Crippen LogP contribution in [0.4, 0.5) is 0 Å². The smallest absolute Gasteiger partial charge is 0.331 e. The van der Waals surface area contributed by atoms with Crippen LogP contribution >= 0.6 is 11.6 Å². The van der Waals surface area contributed by atoms with Crippen LogP contribution in [-0.4, -0.2) is 14.7 Å². The lowest BCUT2D eigenvalue weighted by Crippen LogP contribution is -2.40. The number of nitrogens with zero attached hydrogens (tertiary/aromatic N) is 1. The summed E-state index contributed by atoms with van der Waals surface area (Å²) in [5.74, 6) is -0.349. The minimum Gasteiger partial charge on any atom is -0.494 e. The summed E-state index contributed by atoms with van der Waals surface area (Å²) < 4.78 is 1.20. The highest BCUT2D eigenvalue weighted by atomic mass is 35.5.